The van der Waals surface area contributed by atoms with Gasteiger partial charge in [-0.15, -0.1) is 0 Å². The van der Waals surface area contributed by atoms with Crippen LogP contribution in [-0.2, 0) is 5.41 Å². The zero-order valence-corrected chi connectivity index (χ0v) is 13.5. The lowest BCUT2D eigenvalue weighted by Crippen LogP contribution is -2.46. The molecule has 22 heavy (non-hydrogen) atoms. The average molecular weight is 323 g/mol. The number of likely N-dealkylation sites (tertiary alicyclic amines) is 1. The van der Waals surface area contributed by atoms with Gasteiger partial charge in [0.15, 0.2) is 0 Å². The zero-order chi connectivity index (χ0) is 15.6. The standard InChI is InChI=1S/C17H23ClN2O2/c18-15-3-1-2-14(10-15)17(6-7-17)12-19-16(22)20-8-4-13(11-21)5-9-20/h1-3,10,13,21H,4-9,11-12H2,(H,19,22). The van der Waals surface area contributed by atoms with Crippen molar-refractivity contribution in [2.24, 2.45) is 5.92 Å². The molecule has 1 aromatic rings. The summed E-state index contributed by atoms with van der Waals surface area (Å²) in [7, 11) is 0. The van der Waals surface area contributed by atoms with Crippen LogP contribution in [0.5, 0.6) is 0 Å². The lowest BCUT2D eigenvalue weighted by atomic mass is 9.96. The van der Waals surface area contributed by atoms with Crippen LogP contribution in [0.4, 0.5) is 4.79 Å². The largest absolute Gasteiger partial charge is 0.396 e. The zero-order valence-electron chi connectivity index (χ0n) is 12.7. The summed E-state index contributed by atoms with van der Waals surface area (Å²) in [4.78, 5) is 14.2. The molecule has 1 saturated heterocycles. The average Bonchev–Trinajstić information content (AvgIpc) is 3.34. The summed E-state index contributed by atoms with van der Waals surface area (Å²) < 4.78 is 0. The molecule has 0 radical (unpaired) electrons. The first-order chi connectivity index (χ1) is 10.6. The van der Waals surface area contributed by atoms with Crippen molar-refractivity contribution >= 4 is 17.6 Å². The Morgan fingerprint density at radius 2 is 2.09 bits per heavy atom. The topological polar surface area (TPSA) is 52.6 Å². The van der Waals surface area contributed by atoms with Gasteiger partial charge < -0.3 is 15.3 Å². The highest BCUT2D eigenvalue weighted by atomic mass is 35.5. The molecule has 1 saturated carbocycles. The minimum Gasteiger partial charge on any atom is -0.396 e. The predicted molar refractivity (Wildman–Crippen MR) is 87.1 cm³/mol. The molecule has 2 fully saturated rings. The predicted octanol–water partition coefficient (Wildman–Crippen LogP) is 2.79. The summed E-state index contributed by atoms with van der Waals surface area (Å²) in [6.07, 6.45) is 3.98. The maximum absolute atomic E-state index is 12.3. The number of urea groups is 1. The fourth-order valence-electron chi connectivity index (χ4n) is 3.21. The number of carbonyl (C=O) groups excluding carboxylic acids is 1. The van der Waals surface area contributed by atoms with Crippen LogP contribution in [-0.4, -0.2) is 42.3 Å². The lowest BCUT2D eigenvalue weighted by molar-refractivity contribution is 0.137. The highest BCUT2D eigenvalue weighted by Crippen LogP contribution is 2.48. The van der Waals surface area contributed by atoms with Crippen molar-refractivity contribution in [1.82, 2.24) is 10.2 Å². The van der Waals surface area contributed by atoms with Crippen LogP contribution in [0, 0.1) is 5.92 Å². The molecule has 1 aliphatic heterocycles. The van der Waals surface area contributed by atoms with Crippen molar-refractivity contribution < 1.29 is 9.90 Å². The van der Waals surface area contributed by atoms with E-state index < -0.39 is 0 Å². The number of rotatable bonds is 4. The first kappa shape index (κ1) is 15.6. The molecule has 0 atom stereocenters. The fraction of sp³-hybridized carbons (Fsp3) is 0.588. The number of nitrogens with zero attached hydrogens (tertiary/aromatic N) is 1. The molecular formula is C17H23ClN2O2. The molecule has 4 nitrogen and oxygen atoms in total. The van der Waals surface area contributed by atoms with Crippen molar-refractivity contribution in [1.29, 1.82) is 0 Å². The Labute approximate surface area is 136 Å². The molecule has 1 aliphatic carbocycles. The van der Waals surface area contributed by atoms with Gasteiger partial charge in [-0.1, -0.05) is 23.7 Å². The molecule has 0 unspecified atom stereocenters. The minimum absolute atomic E-state index is 0.0182. The molecule has 1 heterocycles. The number of nitrogens with one attached hydrogen (secondary N) is 1. The van der Waals surface area contributed by atoms with E-state index in [1.54, 1.807) is 0 Å². The van der Waals surface area contributed by atoms with E-state index >= 15 is 0 Å². The van der Waals surface area contributed by atoms with Crippen molar-refractivity contribution in [2.75, 3.05) is 26.2 Å². The normalized spacial score (nSPS) is 20.7. The number of halogens is 1. The van der Waals surface area contributed by atoms with Crippen molar-refractivity contribution in [3.63, 3.8) is 0 Å². The van der Waals surface area contributed by atoms with Crippen LogP contribution >= 0.6 is 11.6 Å². The molecule has 1 aromatic carbocycles. The molecule has 2 aliphatic rings. The van der Waals surface area contributed by atoms with Gasteiger partial charge in [0.2, 0.25) is 0 Å². The lowest BCUT2D eigenvalue weighted by Gasteiger charge is -2.31. The summed E-state index contributed by atoms with van der Waals surface area (Å²) >= 11 is 6.07. The molecule has 120 valence electrons. The van der Waals surface area contributed by atoms with Gasteiger partial charge in [0, 0.05) is 36.7 Å². The Morgan fingerprint density at radius 1 is 1.36 bits per heavy atom. The van der Waals surface area contributed by atoms with Gasteiger partial charge >= 0.3 is 6.03 Å². The first-order valence-electron chi connectivity index (χ1n) is 8.03. The molecule has 0 bridgehead atoms. The van der Waals surface area contributed by atoms with Gasteiger partial charge in [-0.05, 0) is 49.3 Å². The summed E-state index contributed by atoms with van der Waals surface area (Å²) in [5, 5.41) is 13.0. The van der Waals surface area contributed by atoms with Crippen LogP contribution < -0.4 is 5.32 Å². The van der Waals surface area contributed by atoms with Gasteiger partial charge in [-0.3, -0.25) is 0 Å². The quantitative estimate of drug-likeness (QED) is 0.895. The molecule has 0 aromatic heterocycles. The van der Waals surface area contributed by atoms with E-state index in [4.69, 9.17) is 16.7 Å². The number of aliphatic hydroxyl groups excluding tert-OH is 1. The number of hydrogen-bond donors (Lipinski definition) is 2. The molecular weight excluding hydrogens is 300 g/mol. The third-order valence-corrected chi connectivity index (χ3v) is 5.26. The Kier molecular flexibility index (Phi) is 4.59. The molecule has 2 N–H and O–H groups in total. The van der Waals surface area contributed by atoms with E-state index in [1.165, 1.54) is 5.56 Å². The maximum atomic E-state index is 12.3. The van der Waals surface area contributed by atoms with Crippen LogP contribution in [0.3, 0.4) is 0 Å². The highest BCUT2D eigenvalue weighted by Gasteiger charge is 2.44. The Bertz CT molecular complexity index is 537. The second kappa shape index (κ2) is 6.47. The van der Waals surface area contributed by atoms with E-state index in [0.29, 0.717) is 12.5 Å². The summed E-state index contributed by atoms with van der Waals surface area (Å²) in [6.45, 7) is 2.38. The number of amides is 2. The van der Waals surface area contributed by atoms with Crippen LogP contribution in [0.25, 0.3) is 0 Å². The molecule has 5 heteroatoms. The number of piperidine rings is 1. The van der Waals surface area contributed by atoms with Gasteiger partial charge in [0.1, 0.15) is 0 Å². The van der Waals surface area contributed by atoms with E-state index in [1.807, 2.05) is 23.1 Å². The summed E-state index contributed by atoms with van der Waals surface area (Å²) in [6, 6.07) is 7.97. The van der Waals surface area contributed by atoms with Crippen LogP contribution in [0.1, 0.15) is 31.2 Å². The number of carbonyl (C=O) groups is 1. The number of benzene rings is 1. The number of hydrogen-bond acceptors (Lipinski definition) is 2. The van der Waals surface area contributed by atoms with Crippen molar-refractivity contribution in [3.05, 3.63) is 34.9 Å². The van der Waals surface area contributed by atoms with Crippen LogP contribution in [0.15, 0.2) is 24.3 Å². The smallest absolute Gasteiger partial charge is 0.317 e. The van der Waals surface area contributed by atoms with Crippen molar-refractivity contribution in [2.45, 2.75) is 31.1 Å². The molecule has 3 rings (SSSR count). The fourth-order valence-corrected chi connectivity index (χ4v) is 3.40. The monoisotopic (exact) mass is 322 g/mol. The van der Waals surface area contributed by atoms with E-state index in [2.05, 4.69) is 11.4 Å². The Hall–Kier alpha value is -1.26. The minimum atomic E-state index is 0.0182. The molecule has 0 spiro atoms. The summed E-state index contributed by atoms with van der Waals surface area (Å²) in [5.41, 5.74) is 1.29. The second-order valence-corrected chi connectivity index (χ2v) is 7.00. The maximum Gasteiger partial charge on any atom is 0.317 e. The van der Waals surface area contributed by atoms with E-state index in [0.717, 1.165) is 43.8 Å². The third-order valence-electron chi connectivity index (χ3n) is 5.03. The first-order valence-corrected chi connectivity index (χ1v) is 8.40. The third kappa shape index (κ3) is 3.39. The van der Waals surface area contributed by atoms with Crippen LogP contribution in [0.2, 0.25) is 5.02 Å². The van der Waals surface area contributed by atoms with Gasteiger partial charge in [-0.25, -0.2) is 4.79 Å². The van der Waals surface area contributed by atoms with E-state index in [9.17, 15) is 4.79 Å². The van der Waals surface area contributed by atoms with Gasteiger partial charge in [-0.2, -0.15) is 0 Å². The van der Waals surface area contributed by atoms with E-state index in [-0.39, 0.29) is 18.1 Å². The molecule has 2 amide bonds. The summed E-state index contributed by atoms with van der Waals surface area (Å²) in [5.74, 6) is 0.352. The second-order valence-electron chi connectivity index (χ2n) is 6.56. The Morgan fingerprint density at radius 3 is 2.68 bits per heavy atom. The van der Waals surface area contributed by atoms with Gasteiger partial charge in [0.05, 0.1) is 0 Å². The number of aliphatic hydroxyl groups is 1. The Balaban J connectivity index is 1.53. The SMILES string of the molecule is O=C(NCC1(c2cccc(Cl)c2)CC1)N1CCC(CO)CC1. The van der Waals surface area contributed by atoms with Crippen molar-refractivity contribution in [3.8, 4) is 0 Å². The highest BCUT2D eigenvalue weighted by molar-refractivity contribution is 6.30. The van der Waals surface area contributed by atoms with Gasteiger partial charge in [0.25, 0.3) is 0 Å².